The molecule has 0 unspecified atom stereocenters. The Morgan fingerprint density at radius 2 is 1.48 bits per heavy atom. The van der Waals surface area contributed by atoms with E-state index < -0.39 is 5.97 Å². The van der Waals surface area contributed by atoms with Gasteiger partial charge in [-0.25, -0.2) is 4.79 Å². The van der Waals surface area contributed by atoms with Gasteiger partial charge in [0.15, 0.2) is 12.4 Å². The number of nitrogens with two attached hydrogens (primary N) is 1. The van der Waals surface area contributed by atoms with Crippen LogP contribution in [0.2, 0.25) is 0 Å². The zero-order chi connectivity index (χ0) is 19.1. The van der Waals surface area contributed by atoms with Gasteiger partial charge >= 0.3 is 5.97 Å². The molecule has 0 aliphatic carbocycles. The van der Waals surface area contributed by atoms with Crippen LogP contribution in [0, 0.1) is 0 Å². The van der Waals surface area contributed by atoms with E-state index in [1.807, 2.05) is 30.3 Å². The molecule has 0 amide bonds. The van der Waals surface area contributed by atoms with Gasteiger partial charge in [0.25, 0.3) is 0 Å². The average Bonchev–Trinajstić information content (AvgIpc) is 2.72. The van der Waals surface area contributed by atoms with E-state index in [4.69, 9.17) is 15.2 Å². The van der Waals surface area contributed by atoms with Gasteiger partial charge in [-0.2, -0.15) is 0 Å². The Bertz CT molecular complexity index is 921. The maximum absolute atomic E-state index is 12.2. The first-order chi connectivity index (χ1) is 13.1. The highest BCUT2D eigenvalue weighted by atomic mass is 16.5. The second-order valence-corrected chi connectivity index (χ2v) is 5.89. The van der Waals surface area contributed by atoms with E-state index in [1.54, 1.807) is 48.5 Å². The van der Waals surface area contributed by atoms with Crippen molar-refractivity contribution in [1.82, 2.24) is 0 Å². The van der Waals surface area contributed by atoms with Gasteiger partial charge in [0.2, 0.25) is 0 Å². The number of ether oxygens (including phenoxy) is 2. The van der Waals surface area contributed by atoms with Crippen LogP contribution >= 0.6 is 0 Å². The lowest BCUT2D eigenvalue weighted by molar-refractivity contribution is 0.0476. The van der Waals surface area contributed by atoms with Crippen LogP contribution < -0.4 is 10.5 Å². The lowest BCUT2D eigenvalue weighted by Gasteiger charge is -2.08. The monoisotopic (exact) mass is 361 g/mol. The topological polar surface area (TPSA) is 78.6 Å². The molecule has 0 radical (unpaired) electrons. The molecule has 0 saturated carbocycles. The van der Waals surface area contributed by atoms with Crippen molar-refractivity contribution in [3.8, 4) is 5.75 Å². The Labute approximate surface area is 157 Å². The molecule has 0 aliphatic rings. The summed E-state index contributed by atoms with van der Waals surface area (Å²) >= 11 is 0. The summed E-state index contributed by atoms with van der Waals surface area (Å²) in [6.07, 6.45) is 0. The van der Waals surface area contributed by atoms with Gasteiger partial charge in [0, 0.05) is 11.3 Å². The molecule has 0 atom stereocenters. The highest BCUT2D eigenvalue weighted by molar-refractivity contribution is 6.00. The standard InChI is InChI=1S/C22H19NO4/c23-20-9-5-4-8-19(20)22(25)27-15-21(24)17-10-12-18(13-11-17)26-14-16-6-2-1-3-7-16/h1-13H,14-15,23H2. The molecule has 27 heavy (non-hydrogen) atoms. The predicted molar refractivity (Wildman–Crippen MR) is 103 cm³/mol. The molecule has 0 bridgehead atoms. The molecule has 136 valence electrons. The number of carbonyl (C=O) groups is 2. The second-order valence-electron chi connectivity index (χ2n) is 5.89. The smallest absolute Gasteiger partial charge is 0.340 e. The number of rotatable bonds is 7. The summed E-state index contributed by atoms with van der Waals surface area (Å²) in [6.45, 7) is 0.0988. The van der Waals surface area contributed by atoms with E-state index >= 15 is 0 Å². The molecule has 0 heterocycles. The Balaban J connectivity index is 1.53. The first-order valence-corrected chi connectivity index (χ1v) is 8.45. The van der Waals surface area contributed by atoms with Crippen molar-refractivity contribution >= 4 is 17.4 Å². The molecule has 0 saturated heterocycles. The van der Waals surface area contributed by atoms with Gasteiger partial charge < -0.3 is 15.2 Å². The van der Waals surface area contributed by atoms with Crippen LogP contribution in [0.4, 0.5) is 5.69 Å². The third-order valence-electron chi connectivity index (χ3n) is 3.94. The molecule has 3 aromatic rings. The van der Waals surface area contributed by atoms with Crippen molar-refractivity contribution in [2.75, 3.05) is 12.3 Å². The molecule has 5 heteroatoms. The summed E-state index contributed by atoms with van der Waals surface area (Å²) < 4.78 is 10.7. The van der Waals surface area contributed by atoms with Crippen LogP contribution in [-0.2, 0) is 11.3 Å². The quantitative estimate of drug-likeness (QED) is 0.392. The Kier molecular flexibility index (Phi) is 5.84. The minimum atomic E-state index is -0.621. The Hall–Kier alpha value is -3.60. The maximum Gasteiger partial charge on any atom is 0.340 e. The fraction of sp³-hybridized carbons (Fsp3) is 0.0909. The van der Waals surface area contributed by atoms with Crippen molar-refractivity contribution in [3.05, 3.63) is 95.6 Å². The van der Waals surface area contributed by atoms with Crippen LogP contribution in [0.1, 0.15) is 26.3 Å². The normalized spacial score (nSPS) is 10.2. The van der Waals surface area contributed by atoms with Crippen molar-refractivity contribution in [2.45, 2.75) is 6.61 Å². The number of nitrogen functional groups attached to an aromatic ring is 1. The minimum Gasteiger partial charge on any atom is -0.489 e. The van der Waals surface area contributed by atoms with Crippen molar-refractivity contribution in [1.29, 1.82) is 0 Å². The van der Waals surface area contributed by atoms with Crippen molar-refractivity contribution in [2.24, 2.45) is 0 Å². The molecule has 0 aromatic heterocycles. The molecule has 3 rings (SSSR count). The van der Waals surface area contributed by atoms with E-state index in [0.717, 1.165) is 5.56 Å². The van der Waals surface area contributed by atoms with Crippen LogP contribution in [0.3, 0.4) is 0 Å². The van der Waals surface area contributed by atoms with E-state index in [1.165, 1.54) is 0 Å². The van der Waals surface area contributed by atoms with Crippen molar-refractivity contribution < 1.29 is 19.1 Å². The van der Waals surface area contributed by atoms with Gasteiger partial charge in [0.1, 0.15) is 12.4 Å². The lowest BCUT2D eigenvalue weighted by atomic mass is 10.1. The largest absolute Gasteiger partial charge is 0.489 e. The number of ketones is 1. The number of anilines is 1. The summed E-state index contributed by atoms with van der Waals surface area (Å²) in [5.41, 5.74) is 7.79. The number of Topliss-reactive ketones (excluding diaryl/α,β-unsaturated/α-hetero) is 1. The van der Waals surface area contributed by atoms with Crippen LogP contribution in [-0.4, -0.2) is 18.4 Å². The fourth-order valence-electron chi connectivity index (χ4n) is 2.45. The summed E-state index contributed by atoms with van der Waals surface area (Å²) in [6, 6.07) is 23.1. The number of para-hydroxylation sites is 1. The molecular weight excluding hydrogens is 342 g/mol. The van der Waals surface area contributed by atoms with E-state index in [2.05, 4.69) is 0 Å². The predicted octanol–water partition coefficient (Wildman–Crippen LogP) is 3.89. The van der Waals surface area contributed by atoms with Gasteiger partial charge in [-0.15, -0.1) is 0 Å². The van der Waals surface area contributed by atoms with Crippen molar-refractivity contribution in [3.63, 3.8) is 0 Å². The van der Waals surface area contributed by atoms with Gasteiger partial charge in [-0.05, 0) is 42.0 Å². The molecule has 5 nitrogen and oxygen atoms in total. The fourth-order valence-corrected chi connectivity index (χ4v) is 2.45. The summed E-state index contributed by atoms with van der Waals surface area (Å²) in [7, 11) is 0. The molecule has 0 spiro atoms. The van der Waals surface area contributed by atoms with E-state index in [-0.39, 0.29) is 18.0 Å². The highest BCUT2D eigenvalue weighted by Crippen LogP contribution is 2.16. The second kappa shape index (κ2) is 8.67. The molecule has 2 N–H and O–H groups in total. The Morgan fingerprint density at radius 3 is 2.19 bits per heavy atom. The lowest BCUT2D eigenvalue weighted by Crippen LogP contribution is -2.15. The third kappa shape index (κ3) is 4.95. The number of hydrogen-bond acceptors (Lipinski definition) is 5. The Morgan fingerprint density at radius 1 is 0.815 bits per heavy atom. The summed E-state index contributed by atoms with van der Waals surface area (Å²) in [4.78, 5) is 24.2. The molecule has 0 aliphatic heterocycles. The van der Waals surface area contributed by atoms with Crippen LogP contribution in [0.5, 0.6) is 5.75 Å². The SMILES string of the molecule is Nc1ccccc1C(=O)OCC(=O)c1ccc(OCc2ccccc2)cc1. The van der Waals surface area contributed by atoms with Gasteiger partial charge in [-0.1, -0.05) is 42.5 Å². The highest BCUT2D eigenvalue weighted by Gasteiger charge is 2.14. The van der Waals surface area contributed by atoms with E-state index in [9.17, 15) is 9.59 Å². The number of hydrogen-bond donors (Lipinski definition) is 1. The summed E-state index contributed by atoms with van der Waals surface area (Å²) in [5.74, 6) is -0.263. The van der Waals surface area contributed by atoms with Crippen LogP contribution in [0.25, 0.3) is 0 Å². The third-order valence-corrected chi connectivity index (χ3v) is 3.94. The first kappa shape index (κ1) is 18.2. The summed E-state index contributed by atoms with van der Waals surface area (Å²) in [5, 5.41) is 0. The average molecular weight is 361 g/mol. The molecular formula is C22H19NO4. The number of esters is 1. The zero-order valence-electron chi connectivity index (χ0n) is 14.6. The minimum absolute atomic E-state index is 0.245. The first-order valence-electron chi connectivity index (χ1n) is 8.45. The maximum atomic E-state index is 12.2. The van der Waals surface area contributed by atoms with Gasteiger partial charge in [0.05, 0.1) is 5.56 Å². The molecule has 0 fully saturated rings. The van der Waals surface area contributed by atoms with Crippen LogP contribution in [0.15, 0.2) is 78.9 Å². The zero-order valence-corrected chi connectivity index (χ0v) is 14.6. The number of benzene rings is 3. The molecule has 3 aromatic carbocycles. The van der Waals surface area contributed by atoms with Gasteiger partial charge in [-0.3, -0.25) is 4.79 Å². The number of carbonyl (C=O) groups excluding carboxylic acids is 2. The van der Waals surface area contributed by atoms with E-state index in [0.29, 0.717) is 23.6 Å².